The number of rotatable bonds is 47. The van der Waals surface area contributed by atoms with Crippen molar-refractivity contribution in [3.63, 3.8) is 0 Å². The Morgan fingerprint density at radius 3 is 1.30 bits per heavy atom. The molecule has 0 rings (SSSR count). The van der Waals surface area contributed by atoms with Crippen LogP contribution in [-0.2, 0) is 14.3 Å². The van der Waals surface area contributed by atoms with Gasteiger partial charge in [0.1, 0.15) is 0 Å². The van der Waals surface area contributed by atoms with E-state index in [1.807, 2.05) is 0 Å². The summed E-state index contributed by atoms with van der Waals surface area (Å²) in [6, 6.07) is -0.550. The van der Waals surface area contributed by atoms with Gasteiger partial charge in [-0.15, -0.1) is 0 Å². The highest BCUT2D eigenvalue weighted by Gasteiger charge is 2.20. The van der Waals surface area contributed by atoms with Crippen LogP contribution in [0.2, 0.25) is 0 Å². The summed E-state index contributed by atoms with van der Waals surface area (Å²) in [6.07, 6.45) is 53.1. The Hall–Kier alpha value is -1.40. The SMILES string of the molecule is CCCC/C=C\CCCCCCCC(=O)OCCCCCCCCCCCCCCCC(=O)NC(CO)C(O)CCCCCCCCCCCCCCCCCC. The van der Waals surface area contributed by atoms with Crippen molar-refractivity contribution in [1.82, 2.24) is 5.32 Å². The second kappa shape index (κ2) is 47.3. The molecule has 2 atom stereocenters. The fraction of sp³-hybridized carbons (Fsp3) is 0.922. The zero-order valence-electron chi connectivity index (χ0n) is 38.3. The van der Waals surface area contributed by atoms with Crippen LogP contribution in [0.3, 0.4) is 0 Å². The van der Waals surface area contributed by atoms with Gasteiger partial charge in [-0.2, -0.15) is 0 Å². The number of aliphatic hydroxyl groups is 2. The maximum absolute atomic E-state index is 12.4. The third-order valence-electron chi connectivity index (χ3n) is 11.8. The van der Waals surface area contributed by atoms with E-state index < -0.39 is 12.1 Å². The van der Waals surface area contributed by atoms with Crippen molar-refractivity contribution in [1.29, 1.82) is 0 Å². The first kappa shape index (κ1) is 55.6. The monoisotopic (exact) mass is 806 g/mol. The van der Waals surface area contributed by atoms with E-state index in [0.29, 0.717) is 25.9 Å². The fourth-order valence-corrected chi connectivity index (χ4v) is 7.86. The summed E-state index contributed by atoms with van der Waals surface area (Å²) in [7, 11) is 0. The fourth-order valence-electron chi connectivity index (χ4n) is 7.86. The Labute approximate surface area is 355 Å². The quantitative estimate of drug-likeness (QED) is 0.0323. The zero-order chi connectivity index (χ0) is 41.5. The van der Waals surface area contributed by atoms with Crippen molar-refractivity contribution in [2.24, 2.45) is 0 Å². The molecule has 0 saturated carbocycles. The number of carbonyl (C=O) groups excluding carboxylic acids is 2. The Balaban J connectivity index is 3.46. The van der Waals surface area contributed by atoms with Crippen LogP contribution in [-0.4, -0.2) is 47.4 Å². The molecular formula is C51H99NO5. The minimum Gasteiger partial charge on any atom is -0.466 e. The van der Waals surface area contributed by atoms with E-state index in [4.69, 9.17) is 4.74 Å². The second-order valence-electron chi connectivity index (χ2n) is 17.5. The predicted molar refractivity (Wildman–Crippen MR) is 246 cm³/mol. The summed E-state index contributed by atoms with van der Waals surface area (Å²) in [5.74, 6) is -0.0631. The molecule has 0 saturated heterocycles. The van der Waals surface area contributed by atoms with Crippen LogP contribution in [0.4, 0.5) is 0 Å². The van der Waals surface area contributed by atoms with Crippen LogP contribution in [0, 0.1) is 0 Å². The van der Waals surface area contributed by atoms with Crippen molar-refractivity contribution in [2.45, 2.75) is 289 Å². The van der Waals surface area contributed by atoms with Crippen molar-refractivity contribution in [3.8, 4) is 0 Å². The van der Waals surface area contributed by atoms with Crippen molar-refractivity contribution < 1.29 is 24.5 Å². The average molecular weight is 806 g/mol. The summed E-state index contributed by atoms with van der Waals surface area (Å²) in [6.45, 7) is 4.89. The van der Waals surface area contributed by atoms with E-state index in [0.717, 1.165) is 51.4 Å². The number of aliphatic hydroxyl groups excluding tert-OH is 2. The molecule has 0 aromatic heterocycles. The van der Waals surface area contributed by atoms with Crippen LogP contribution in [0.25, 0.3) is 0 Å². The molecule has 1 amide bonds. The summed E-state index contributed by atoms with van der Waals surface area (Å²) in [5.41, 5.74) is 0. The highest BCUT2D eigenvalue weighted by molar-refractivity contribution is 5.76. The molecule has 0 radical (unpaired) electrons. The van der Waals surface area contributed by atoms with Crippen molar-refractivity contribution in [3.05, 3.63) is 12.2 Å². The highest BCUT2D eigenvalue weighted by atomic mass is 16.5. The summed E-state index contributed by atoms with van der Waals surface area (Å²) >= 11 is 0. The maximum Gasteiger partial charge on any atom is 0.305 e. The average Bonchev–Trinajstić information content (AvgIpc) is 3.21. The zero-order valence-corrected chi connectivity index (χ0v) is 38.3. The van der Waals surface area contributed by atoms with Crippen LogP contribution in [0.1, 0.15) is 277 Å². The van der Waals surface area contributed by atoms with Gasteiger partial charge < -0.3 is 20.3 Å². The molecule has 0 aromatic rings. The number of ether oxygens (including phenoxy) is 1. The minimum absolute atomic E-state index is 0.0162. The van der Waals surface area contributed by atoms with Crippen LogP contribution in [0.15, 0.2) is 12.2 Å². The number of nitrogens with one attached hydrogen (secondary N) is 1. The third-order valence-corrected chi connectivity index (χ3v) is 11.8. The third kappa shape index (κ3) is 44.0. The maximum atomic E-state index is 12.4. The first-order chi connectivity index (χ1) is 28.0. The van der Waals surface area contributed by atoms with Gasteiger partial charge in [0.05, 0.1) is 25.4 Å². The molecule has 0 aromatic carbocycles. The van der Waals surface area contributed by atoms with E-state index in [2.05, 4.69) is 31.3 Å². The molecule has 0 heterocycles. The molecule has 338 valence electrons. The van der Waals surface area contributed by atoms with Gasteiger partial charge in [0.2, 0.25) is 5.91 Å². The van der Waals surface area contributed by atoms with E-state index in [9.17, 15) is 19.8 Å². The van der Waals surface area contributed by atoms with E-state index >= 15 is 0 Å². The van der Waals surface area contributed by atoms with Gasteiger partial charge in [-0.05, 0) is 44.9 Å². The van der Waals surface area contributed by atoms with Gasteiger partial charge in [-0.1, -0.05) is 231 Å². The lowest BCUT2D eigenvalue weighted by molar-refractivity contribution is -0.143. The predicted octanol–water partition coefficient (Wildman–Crippen LogP) is 15.0. The molecule has 0 fully saturated rings. The lowest BCUT2D eigenvalue weighted by Gasteiger charge is -2.22. The molecule has 6 nitrogen and oxygen atoms in total. The van der Waals surface area contributed by atoms with Crippen molar-refractivity contribution >= 4 is 11.9 Å². The smallest absolute Gasteiger partial charge is 0.305 e. The number of hydrogen-bond donors (Lipinski definition) is 3. The largest absolute Gasteiger partial charge is 0.466 e. The molecule has 6 heteroatoms. The molecule has 0 aliphatic carbocycles. The Kier molecular flexibility index (Phi) is 46.1. The Morgan fingerprint density at radius 1 is 0.474 bits per heavy atom. The molecule has 0 spiro atoms. The summed E-state index contributed by atoms with van der Waals surface area (Å²) in [5, 5.41) is 23.2. The van der Waals surface area contributed by atoms with Gasteiger partial charge >= 0.3 is 5.97 Å². The molecule has 0 aliphatic rings. The first-order valence-corrected chi connectivity index (χ1v) is 25.4. The molecule has 0 bridgehead atoms. The number of allylic oxidation sites excluding steroid dienone is 2. The Morgan fingerprint density at radius 2 is 0.842 bits per heavy atom. The topological polar surface area (TPSA) is 95.9 Å². The van der Waals surface area contributed by atoms with E-state index in [-0.39, 0.29) is 18.5 Å². The van der Waals surface area contributed by atoms with E-state index in [1.165, 1.54) is 193 Å². The number of hydrogen-bond acceptors (Lipinski definition) is 5. The lowest BCUT2D eigenvalue weighted by Crippen LogP contribution is -2.45. The van der Waals surface area contributed by atoms with Gasteiger partial charge in [0.15, 0.2) is 0 Å². The van der Waals surface area contributed by atoms with Gasteiger partial charge in [-0.25, -0.2) is 0 Å². The lowest BCUT2D eigenvalue weighted by atomic mass is 10.0. The normalized spacial score (nSPS) is 12.7. The van der Waals surface area contributed by atoms with Gasteiger partial charge in [-0.3, -0.25) is 9.59 Å². The molecule has 2 unspecified atom stereocenters. The number of unbranched alkanes of at least 4 members (excludes halogenated alkanes) is 34. The van der Waals surface area contributed by atoms with Crippen LogP contribution < -0.4 is 5.32 Å². The Bertz CT molecular complexity index is 847. The van der Waals surface area contributed by atoms with E-state index in [1.54, 1.807) is 0 Å². The molecule has 3 N–H and O–H groups in total. The molecule has 0 aliphatic heterocycles. The summed E-state index contributed by atoms with van der Waals surface area (Å²) < 4.78 is 5.44. The first-order valence-electron chi connectivity index (χ1n) is 25.4. The minimum atomic E-state index is -0.672. The van der Waals surface area contributed by atoms with Gasteiger partial charge in [0.25, 0.3) is 0 Å². The highest BCUT2D eigenvalue weighted by Crippen LogP contribution is 2.17. The molecule has 57 heavy (non-hydrogen) atoms. The van der Waals surface area contributed by atoms with Crippen molar-refractivity contribution in [2.75, 3.05) is 13.2 Å². The standard InChI is InChI=1S/C51H99NO5/c1-3-5-7-9-11-13-15-16-17-18-20-24-27-31-35-39-43-49(54)48(47-53)52-50(55)44-40-36-32-28-25-21-19-22-26-30-34-38-42-46-57-51(56)45-41-37-33-29-23-14-12-10-8-6-4-2/h10,12,48-49,53-54H,3-9,11,13-47H2,1-2H3,(H,52,55)/b12-10-. The van der Waals surface area contributed by atoms with Crippen LogP contribution >= 0.6 is 0 Å². The summed E-state index contributed by atoms with van der Waals surface area (Å²) in [4.78, 5) is 24.4. The van der Waals surface area contributed by atoms with Gasteiger partial charge in [0, 0.05) is 12.8 Å². The molecular weight excluding hydrogens is 707 g/mol. The number of esters is 1. The number of carbonyl (C=O) groups is 2. The second-order valence-corrected chi connectivity index (χ2v) is 17.5. The van der Waals surface area contributed by atoms with Crippen LogP contribution in [0.5, 0.6) is 0 Å². The number of amides is 1.